The number of rotatable bonds is 10. The Morgan fingerprint density at radius 2 is 1.08 bits per heavy atom. The normalized spacial score (nSPS) is 12.6. The molecular weight excluding hydrogens is 1080 g/mol. The number of aromatic nitrogens is 4. The van der Waals surface area contributed by atoms with E-state index in [9.17, 15) is 0 Å². The maximum atomic E-state index is 7.18. The number of imidazole rings is 1. The van der Waals surface area contributed by atoms with Gasteiger partial charge in [-0.1, -0.05) is 216 Å². The molecule has 6 heteroatoms. The molecular formula is C68H68N4OPt-2. The summed E-state index contributed by atoms with van der Waals surface area (Å²) in [7, 11) is 0. The molecule has 378 valence electrons. The van der Waals surface area contributed by atoms with Crippen molar-refractivity contribution in [3.8, 4) is 39.8 Å². The minimum atomic E-state index is -0.458. The van der Waals surface area contributed by atoms with Gasteiger partial charge in [-0.3, -0.25) is 4.57 Å². The van der Waals surface area contributed by atoms with Gasteiger partial charge < -0.3 is 13.9 Å². The molecule has 5 nitrogen and oxygen atoms in total. The summed E-state index contributed by atoms with van der Waals surface area (Å²) in [5.41, 5.74) is 13.2. The van der Waals surface area contributed by atoms with Crippen LogP contribution >= 0.6 is 0 Å². The smallest absolute Gasteiger partial charge is 0.267 e. The summed E-state index contributed by atoms with van der Waals surface area (Å²) in [6.07, 6.45) is 8.08. The first-order valence-corrected chi connectivity index (χ1v) is 25.7. The van der Waals surface area contributed by atoms with E-state index in [4.69, 9.17) is 9.72 Å². The average molecular weight is 1150 g/mol. The number of nitrogens with zero attached hydrogens (tertiary/aromatic N) is 4. The Labute approximate surface area is 454 Å². The molecule has 0 saturated carbocycles. The van der Waals surface area contributed by atoms with Crippen LogP contribution in [-0.2, 0) is 48.1 Å². The van der Waals surface area contributed by atoms with Gasteiger partial charge in [0.1, 0.15) is 5.82 Å². The van der Waals surface area contributed by atoms with Crippen LogP contribution in [0.3, 0.4) is 0 Å². The largest absolute Gasteiger partial charge is 0.510 e. The van der Waals surface area contributed by atoms with Crippen LogP contribution in [0.5, 0.6) is 11.5 Å². The Hall–Kier alpha value is -6.81. The summed E-state index contributed by atoms with van der Waals surface area (Å²) in [5, 5.41) is 2.30. The van der Waals surface area contributed by atoms with E-state index >= 15 is 0 Å². The maximum absolute atomic E-state index is 7.18. The van der Waals surface area contributed by atoms with E-state index in [0.717, 1.165) is 61.4 Å². The molecule has 0 N–H and O–H groups in total. The second kappa shape index (κ2) is 19.5. The third kappa shape index (κ3) is 9.96. The molecule has 10 rings (SSSR count). The van der Waals surface area contributed by atoms with E-state index in [1.807, 2.05) is 6.20 Å². The van der Waals surface area contributed by atoms with Gasteiger partial charge in [0.05, 0.1) is 11.4 Å². The number of para-hydroxylation sites is 1. The third-order valence-corrected chi connectivity index (χ3v) is 14.8. The fourth-order valence-corrected chi connectivity index (χ4v) is 10.2. The number of pyridine rings is 1. The average Bonchev–Trinajstić information content (AvgIpc) is 3.97. The molecule has 0 atom stereocenters. The molecule has 0 spiro atoms. The van der Waals surface area contributed by atoms with Crippen molar-refractivity contribution in [2.24, 2.45) is 0 Å². The second-order valence-electron chi connectivity index (χ2n) is 23.9. The first-order valence-electron chi connectivity index (χ1n) is 25.7. The molecule has 0 bridgehead atoms. The Morgan fingerprint density at radius 1 is 0.500 bits per heavy atom. The first kappa shape index (κ1) is 52.1. The van der Waals surface area contributed by atoms with Crippen LogP contribution in [0.1, 0.15) is 129 Å². The summed E-state index contributed by atoms with van der Waals surface area (Å²) in [5.74, 6) is 2.02. The summed E-state index contributed by atoms with van der Waals surface area (Å²) in [4.78, 5) is 5.00. The molecule has 0 aliphatic rings. The van der Waals surface area contributed by atoms with E-state index in [1.54, 1.807) is 0 Å². The van der Waals surface area contributed by atoms with Crippen molar-refractivity contribution in [1.82, 2.24) is 14.1 Å². The molecule has 0 fully saturated rings. The molecule has 74 heavy (non-hydrogen) atoms. The fraction of sp³-hybridized carbons (Fsp3) is 0.265. The molecule has 7 aromatic carbocycles. The Morgan fingerprint density at radius 3 is 1.72 bits per heavy atom. The van der Waals surface area contributed by atoms with Crippen LogP contribution < -0.4 is 9.30 Å². The van der Waals surface area contributed by atoms with Gasteiger partial charge in [-0.15, -0.1) is 35.4 Å². The van der Waals surface area contributed by atoms with Crippen LogP contribution in [0.25, 0.3) is 50.1 Å². The van der Waals surface area contributed by atoms with Crippen LogP contribution in [0.15, 0.2) is 176 Å². The van der Waals surface area contributed by atoms with E-state index in [0.29, 0.717) is 11.5 Å². The number of hydrogen-bond acceptors (Lipinski definition) is 2. The summed E-state index contributed by atoms with van der Waals surface area (Å²) in [6.45, 7) is 29.7. The van der Waals surface area contributed by atoms with Gasteiger partial charge in [-0.05, 0) is 91.0 Å². The van der Waals surface area contributed by atoms with Gasteiger partial charge in [-0.25, -0.2) is 4.98 Å². The number of ether oxygens (including phenoxy) is 1. The van der Waals surface area contributed by atoms with E-state index in [-0.39, 0.29) is 42.7 Å². The predicted octanol–water partition coefficient (Wildman–Crippen LogP) is 16.6. The van der Waals surface area contributed by atoms with E-state index < -0.39 is 5.41 Å². The van der Waals surface area contributed by atoms with Gasteiger partial charge in [0, 0.05) is 61.3 Å². The van der Waals surface area contributed by atoms with Crippen molar-refractivity contribution < 1.29 is 30.4 Å². The Bertz CT molecular complexity index is 3640. The maximum Gasteiger partial charge on any atom is 0.267 e. The van der Waals surface area contributed by atoms with E-state index in [1.165, 1.54) is 27.8 Å². The van der Waals surface area contributed by atoms with Crippen LogP contribution in [0, 0.1) is 18.5 Å². The van der Waals surface area contributed by atoms with Crippen molar-refractivity contribution >= 4 is 21.8 Å². The minimum absolute atomic E-state index is 0. The number of fused-ring (bicyclic) bond motifs is 3. The Kier molecular flexibility index (Phi) is 13.7. The second-order valence-corrected chi connectivity index (χ2v) is 23.9. The van der Waals surface area contributed by atoms with Crippen molar-refractivity contribution in [2.75, 3.05) is 0 Å². The monoisotopic (exact) mass is 1150 g/mol. The van der Waals surface area contributed by atoms with Crippen LogP contribution in [0.4, 0.5) is 0 Å². The molecule has 10 aromatic rings. The molecule has 0 unspecified atom stereocenters. The minimum Gasteiger partial charge on any atom is -0.510 e. The van der Waals surface area contributed by atoms with Crippen molar-refractivity contribution in [2.45, 2.75) is 117 Å². The molecule has 0 amide bonds. The zero-order valence-electron chi connectivity index (χ0n) is 45.3. The summed E-state index contributed by atoms with van der Waals surface area (Å²) >= 11 is 0. The van der Waals surface area contributed by atoms with Crippen molar-refractivity contribution in [3.63, 3.8) is 0 Å². The topological polar surface area (TPSA) is 35.9 Å². The van der Waals surface area contributed by atoms with Crippen LogP contribution in [-0.4, -0.2) is 14.1 Å². The van der Waals surface area contributed by atoms with E-state index in [2.05, 4.69) is 292 Å². The zero-order chi connectivity index (χ0) is 51.7. The molecule has 0 radical (unpaired) electrons. The van der Waals surface area contributed by atoms with Gasteiger partial charge >= 0.3 is 0 Å². The predicted molar refractivity (Wildman–Crippen MR) is 301 cm³/mol. The fourth-order valence-electron chi connectivity index (χ4n) is 10.2. The standard InChI is InChI=1S/C68H68N4O.Pt/c1-64(2,3)50-33-34-69-62(40-50)72-59-32-24-23-31-57(59)63-58(66(7,8)9)42-56(43-60(63)72)73-55-36-47(46-25-17-14-18-26-46)35-54(41-55)71-45-70(44-61(71)68(12,13)49-29-21-16-22-30-49)53-38-51(65(4,5)6)37-52(39-53)67(10,11)48-27-19-15-20-28-48;/h14-40,42,44H,1-13H3;/q-2;. The SMILES string of the molecule is CC(C)(C)c1cc(-[n+]2[c-]n(-c3[c-]c(Oc4[c-]c5c(c(C(C)(C)C)c4)c4ccccc4n5-c4cc(C(C)(C)C)ccn4)cc(-c4ccccc4)c3)c(C(C)(C)c3ccccc3)c2)cc(C(C)(C)c2ccccc2)c1.[Pt]. The molecule has 0 saturated heterocycles. The van der Waals surface area contributed by atoms with Crippen molar-refractivity contribution in [3.05, 3.63) is 234 Å². The Balaban J connectivity index is 0.00000672. The third-order valence-electron chi connectivity index (χ3n) is 14.8. The summed E-state index contributed by atoms with van der Waals surface area (Å²) < 4.78 is 13.8. The first-order chi connectivity index (χ1) is 34.6. The molecule has 3 heterocycles. The van der Waals surface area contributed by atoms with Gasteiger partial charge in [0.25, 0.3) is 6.33 Å². The summed E-state index contributed by atoms with van der Waals surface area (Å²) in [6, 6.07) is 66.2. The van der Waals surface area contributed by atoms with Crippen LogP contribution in [0.2, 0.25) is 0 Å². The molecule has 3 aromatic heterocycles. The van der Waals surface area contributed by atoms with Gasteiger partial charge in [-0.2, -0.15) is 6.07 Å². The quantitative estimate of drug-likeness (QED) is 0.101. The van der Waals surface area contributed by atoms with Gasteiger partial charge in [0.15, 0.2) is 0 Å². The molecule has 0 aliphatic carbocycles. The molecule has 0 aliphatic heterocycles. The van der Waals surface area contributed by atoms with Gasteiger partial charge in [0.2, 0.25) is 0 Å². The van der Waals surface area contributed by atoms with Crippen molar-refractivity contribution in [1.29, 1.82) is 0 Å². The number of hydrogen-bond donors (Lipinski definition) is 0. The zero-order valence-corrected chi connectivity index (χ0v) is 47.5. The number of benzene rings is 7.